The Hall–Kier alpha value is -2.42. The van der Waals surface area contributed by atoms with Crippen LogP contribution in [0, 0.1) is 11.6 Å². The second kappa shape index (κ2) is 10.5. The van der Waals surface area contributed by atoms with Crippen molar-refractivity contribution in [2.45, 2.75) is 18.2 Å². The Morgan fingerprint density at radius 3 is 2.41 bits per heavy atom. The van der Waals surface area contributed by atoms with Gasteiger partial charge < -0.3 is 15.1 Å². The molecule has 1 aliphatic heterocycles. The topological polar surface area (TPSA) is 44.3 Å². The quantitative estimate of drug-likeness (QED) is 0.393. The van der Waals surface area contributed by atoms with E-state index in [-0.39, 0.29) is 11.6 Å². The summed E-state index contributed by atoms with van der Waals surface area (Å²) in [5.41, 5.74) is 1.99. The first-order chi connectivity index (χ1) is 15.6. The Labute approximate surface area is 195 Å². The van der Waals surface area contributed by atoms with Crippen molar-refractivity contribution in [2.24, 2.45) is 0 Å². The van der Waals surface area contributed by atoms with Crippen LogP contribution in [0.25, 0.3) is 0 Å². The molecule has 0 aliphatic carbocycles. The van der Waals surface area contributed by atoms with Crippen molar-refractivity contribution in [3.05, 3.63) is 76.4 Å². The highest BCUT2D eigenvalue weighted by molar-refractivity contribution is 7.98. The van der Waals surface area contributed by atoms with Crippen molar-refractivity contribution in [1.29, 1.82) is 0 Å². The van der Waals surface area contributed by atoms with Crippen LogP contribution in [0.15, 0.2) is 53.8 Å². The van der Waals surface area contributed by atoms with Gasteiger partial charge in [-0.2, -0.15) is 0 Å². The summed E-state index contributed by atoms with van der Waals surface area (Å²) in [7, 11) is 0. The van der Waals surface area contributed by atoms with E-state index in [1.54, 1.807) is 18.2 Å². The molecule has 0 spiro atoms. The number of halogens is 3. The molecule has 1 saturated heterocycles. The Morgan fingerprint density at radius 1 is 0.969 bits per heavy atom. The number of nitrogens with one attached hydrogen (secondary N) is 1. The fraction of sp³-hybridized carbons (Fsp3) is 0.304. The second-order valence-electron chi connectivity index (χ2n) is 7.43. The predicted octanol–water partition coefficient (Wildman–Crippen LogP) is 4.75. The average molecular weight is 476 g/mol. The highest BCUT2D eigenvalue weighted by Crippen LogP contribution is 2.25. The molecule has 168 valence electrons. The highest BCUT2D eigenvalue weighted by atomic mass is 35.5. The van der Waals surface area contributed by atoms with Crippen LogP contribution in [0.1, 0.15) is 11.1 Å². The summed E-state index contributed by atoms with van der Waals surface area (Å²) in [4.78, 5) is 13.4. The number of hydrogen-bond donors (Lipinski definition) is 1. The average Bonchev–Trinajstić information content (AvgIpc) is 2.81. The zero-order chi connectivity index (χ0) is 22.5. The van der Waals surface area contributed by atoms with Crippen molar-refractivity contribution in [3.8, 4) is 0 Å². The molecule has 4 rings (SSSR count). The number of hydrogen-bond acceptors (Lipinski definition) is 6. The van der Waals surface area contributed by atoms with Gasteiger partial charge in [0.15, 0.2) is 5.16 Å². The lowest BCUT2D eigenvalue weighted by Gasteiger charge is -2.37. The van der Waals surface area contributed by atoms with E-state index in [2.05, 4.69) is 20.1 Å². The predicted molar refractivity (Wildman–Crippen MR) is 127 cm³/mol. The third-order valence-electron chi connectivity index (χ3n) is 5.45. The number of piperazine rings is 1. The van der Waals surface area contributed by atoms with Crippen molar-refractivity contribution in [2.75, 3.05) is 42.2 Å². The summed E-state index contributed by atoms with van der Waals surface area (Å²) >= 11 is 7.62. The number of para-hydroxylation sites is 1. The molecule has 1 aromatic heterocycles. The lowest BCUT2D eigenvalue weighted by Crippen LogP contribution is -2.47. The SMILES string of the molecule is CSc1ncc(CNCc2c(F)cccc2Cl)c(N2CCN(c3ccccc3F)CC2)n1. The van der Waals surface area contributed by atoms with Crippen LogP contribution < -0.4 is 15.1 Å². The molecule has 0 amide bonds. The lowest BCUT2D eigenvalue weighted by atomic mass is 10.2. The maximum atomic E-state index is 14.2. The first kappa shape index (κ1) is 22.8. The van der Waals surface area contributed by atoms with Crippen LogP contribution in [0.3, 0.4) is 0 Å². The summed E-state index contributed by atoms with van der Waals surface area (Å²) in [6, 6.07) is 11.5. The van der Waals surface area contributed by atoms with Crippen molar-refractivity contribution in [3.63, 3.8) is 0 Å². The van der Waals surface area contributed by atoms with Crippen LogP contribution in [0.5, 0.6) is 0 Å². The first-order valence-corrected chi connectivity index (χ1v) is 11.9. The van der Waals surface area contributed by atoms with Gasteiger partial charge in [0.25, 0.3) is 0 Å². The first-order valence-electron chi connectivity index (χ1n) is 10.3. The van der Waals surface area contributed by atoms with E-state index in [1.165, 1.54) is 23.9 Å². The standard InChI is InChI=1S/C23H24ClF2N5S/c1-32-23-28-14-16(13-27-15-17-18(24)5-4-7-19(17)25)22(29-23)31-11-9-30(10-12-31)21-8-3-2-6-20(21)26/h2-8,14,27H,9-13,15H2,1H3. The number of aromatic nitrogens is 2. The molecule has 0 atom stereocenters. The van der Waals surface area contributed by atoms with E-state index < -0.39 is 0 Å². The fourth-order valence-corrected chi connectivity index (χ4v) is 4.34. The number of anilines is 2. The van der Waals surface area contributed by atoms with Gasteiger partial charge in [0, 0.05) is 61.6 Å². The van der Waals surface area contributed by atoms with E-state index in [4.69, 9.17) is 16.6 Å². The molecular weight excluding hydrogens is 452 g/mol. The van der Waals surface area contributed by atoms with Crippen molar-refractivity contribution in [1.82, 2.24) is 15.3 Å². The van der Waals surface area contributed by atoms with Gasteiger partial charge in [-0.1, -0.05) is 41.6 Å². The highest BCUT2D eigenvalue weighted by Gasteiger charge is 2.22. The molecule has 1 aliphatic rings. The fourth-order valence-electron chi connectivity index (χ4n) is 3.77. The van der Waals surface area contributed by atoms with E-state index >= 15 is 0 Å². The zero-order valence-corrected chi connectivity index (χ0v) is 19.3. The molecule has 1 fully saturated rings. The monoisotopic (exact) mass is 475 g/mol. The maximum Gasteiger partial charge on any atom is 0.189 e. The summed E-state index contributed by atoms with van der Waals surface area (Å²) < 4.78 is 28.2. The molecule has 3 aromatic rings. The van der Waals surface area contributed by atoms with Crippen LogP contribution in [-0.4, -0.2) is 42.4 Å². The molecule has 0 radical (unpaired) electrons. The molecule has 5 nitrogen and oxygen atoms in total. The van der Waals surface area contributed by atoms with Crippen LogP contribution in [0.2, 0.25) is 5.02 Å². The summed E-state index contributed by atoms with van der Waals surface area (Å²) in [5.74, 6) is 0.317. The van der Waals surface area contributed by atoms with Crippen LogP contribution in [-0.2, 0) is 13.1 Å². The molecule has 2 heterocycles. The summed E-state index contributed by atoms with van der Waals surface area (Å²) in [6.07, 6.45) is 3.75. The van der Waals surface area contributed by atoms with E-state index in [9.17, 15) is 8.78 Å². The van der Waals surface area contributed by atoms with E-state index in [1.807, 2.05) is 24.6 Å². The minimum Gasteiger partial charge on any atom is -0.366 e. The van der Waals surface area contributed by atoms with Gasteiger partial charge in [-0.25, -0.2) is 18.7 Å². The maximum absolute atomic E-state index is 14.2. The Kier molecular flexibility index (Phi) is 7.44. The number of benzene rings is 2. The molecule has 32 heavy (non-hydrogen) atoms. The van der Waals surface area contributed by atoms with Gasteiger partial charge >= 0.3 is 0 Å². The van der Waals surface area contributed by atoms with Crippen molar-refractivity contribution >= 4 is 34.9 Å². The number of nitrogens with zero attached hydrogens (tertiary/aromatic N) is 4. The number of thioether (sulfide) groups is 1. The van der Waals surface area contributed by atoms with Crippen LogP contribution in [0.4, 0.5) is 20.3 Å². The Bertz CT molecular complexity index is 1060. The second-order valence-corrected chi connectivity index (χ2v) is 8.62. The normalized spacial score (nSPS) is 14.1. The van der Waals surface area contributed by atoms with Gasteiger partial charge in [-0.05, 0) is 30.5 Å². The van der Waals surface area contributed by atoms with Gasteiger partial charge in [0.05, 0.1) is 5.69 Å². The molecule has 1 N–H and O–H groups in total. The zero-order valence-electron chi connectivity index (χ0n) is 17.7. The van der Waals surface area contributed by atoms with Gasteiger partial charge in [-0.15, -0.1) is 0 Å². The molecule has 9 heteroatoms. The Morgan fingerprint density at radius 2 is 1.69 bits per heavy atom. The molecule has 0 unspecified atom stereocenters. The summed E-state index contributed by atoms with van der Waals surface area (Å²) in [6.45, 7) is 3.59. The third-order valence-corrected chi connectivity index (χ3v) is 6.37. The van der Waals surface area contributed by atoms with Gasteiger partial charge in [0.1, 0.15) is 17.5 Å². The van der Waals surface area contributed by atoms with E-state index in [0.29, 0.717) is 60.7 Å². The van der Waals surface area contributed by atoms with Crippen molar-refractivity contribution < 1.29 is 8.78 Å². The molecule has 0 bridgehead atoms. The molecular formula is C23H24ClF2N5S. The minimum absolute atomic E-state index is 0.204. The molecule has 2 aromatic carbocycles. The smallest absolute Gasteiger partial charge is 0.189 e. The summed E-state index contributed by atoms with van der Waals surface area (Å²) in [5, 5.41) is 4.35. The minimum atomic E-state index is -0.330. The Balaban J connectivity index is 1.46. The molecule has 0 saturated carbocycles. The van der Waals surface area contributed by atoms with Gasteiger partial charge in [-0.3, -0.25) is 0 Å². The number of rotatable bonds is 7. The van der Waals surface area contributed by atoms with Gasteiger partial charge in [0.2, 0.25) is 0 Å². The largest absolute Gasteiger partial charge is 0.366 e. The van der Waals surface area contributed by atoms with E-state index in [0.717, 1.165) is 11.4 Å². The van der Waals surface area contributed by atoms with Crippen LogP contribution >= 0.6 is 23.4 Å². The third kappa shape index (κ3) is 5.14. The lowest BCUT2D eigenvalue weighted by molar-refractivity contribution is 0.582.